The summed E-state index contributed by atoms with van der Waals surface area (Å²) in [6, 6.07) is 15.7. The Labute approximate surface area is 200 Å². The largest absolute Gasteiger partial charge is 0.360 e. The van der Waals surface area contributed by atoms with Crippen LogP contribution >= 0.6 is 11.6 Å². The first kappa shape index (κ1) is 23.3. The average molecular weight is 498 g/mol. The third-order valence-electron chi connectivity index (χ3n) is 5.19. The molecule has 0 spiro atoms. The Kier molecular flexibility index (Phi) is 6.53. The van der Waals surface area contributed by atoms with Crippen molar-refractivity contribution < 1.29 is 13.3 Å². The van der Waals surface area contributed by atoms with Gasteiger partial charge in [0.15, 0.2) is 0 Å². The van der Waals surface area contributed by atoms with Crippen molar-refractivity contribution in [2.24, 2.45) is 5.10 Å². The Morgan fingerprint density at radius 2 is 1.91 bits per heavy atom. The molecule has 9 nitrogen and oxygen atoms in total. The van der Waals surface area contributed by atoms with Crippen LogP contribution in [-0.2, 0) is 16.4 Å². The van der Waals surface area contributed by atoms with E-state index >= 15 is 0 Å². The van der Waals surface area contributed by atoms with Gasteiger partial charge in [0.05, 0.1) is 27.5 Å². The predicted octanol–water partition coefficient (Wildman–Crippen LogP) is 5.54. The minimum absolute atomic E-state index is 0.0653. The number of nitrogens with zero attached hydrogens (tertiary/aromatic N) is 2. The van der Waals surface area contributed by atoms with Crippen molar-refractivity contribution in [3.05, 3.63) is 93.1 Å². The highest BCUT2D eigenvalue weighted by atomic mass is 35.5. The summed E-state index contributed by atoms with van der Waals surface area (Å²) < 4.78 is 28.6. The number of aromatic nitrogens is 1. The second-order valence-corrected chi connectivity index (χ2v) is 9.39. The summed E-state index contributed by atoms with van der Waals surface area (Å²) >= 11 is 6.07. The molecule has 0 aliphatic rings. The molecule has 0 amide bonds. The number of halogens is 1. The molecule has 4 aromatic rings. The van der Waals surface area contributed by atoms with E-state index in [4.69, 9.17) is 11.6 Å². The molecular formula is C23H20ClN5O4S. The minimum atomic E-state index is -4.23. The number of H-pyrrole nitrogens is 1. The number of non-ortho nitro benzene ring substituents is 1. The summed E-state index contributed by atoms with van der Waals surface area (Å²) in [6.45, 7) is 2.07. The third-order valence-corrected chi connectivity index (χ3v) is 6.92. The molecule has 34 heavy (non-hydrogen) atoms. The first-order chi connectivity index (χ1) is 16.3. The van der Waals surface area contributed by atoms with Gasteiger partial charge in [-0.2, -0.15) is 5.10 Å². The van der Waals surface area contributed by atoms with Gasteiger partial charge in [-0.05, 0) is 30.2 Å². The van der Waals surface area contributed by atoms with Gasteiger partial charge >= 0.3 is 0 Å². The normalized spacial score (nSPS) is 11.7. The summed E-state index contributed by atoms with van der Waals surface area (Å²) in [5.41, 5.74) is 5.51. The summed E-state index contributed by atoms with van der Waals surface area (Å²) in [4.78, 5) is 13.5. The lowest BCUT2D eigenvalue weighted by molar-refractivity contribution is -0.385. The lowest BCUT2D eigenvalue weighted by Crippen LogP contribution is -2.15. The minimum Gasteiger partial charge on any atom is -0.360 e. The van der Waals surface area contributed by atoms with Crippen molar-refractivity contribution in [3.63, 3.8) is 0 Å². The second-order valence-electron chi connectivity index (χ2n) is 7.33. The SMILES string of the molecule is CCc1cccc2c(C=NNc3ccc([N+](=O)[O-])cc3S(=O)(=O)Nc3ccccc3Cl)c[nH]c12. The number of para-hydroxylation sites is 2. The number of hydrogen-bond donors (Lipinski definition) is 3. The Morgan fingerprint density at radius 3 is 2.65 bits per heavy atom. The fraction of sp³-hybridized carbons (Fsp3) is 0.0870. The van der Waals surface area contributed by atoms with Crippen molar-refractivity contribution in [2.75, 3.05) is 10.1 Å². The number of fused-ring (bicyclic) bond motifs is 1. The standard InChI is InChI=1S/C23H20ClN5O4S/c1-2-15-6-5-7-18-16(13-25-23(15)18)14-26-27-21-11-10-17(29(30)31)12-22(21)34(32,33)28-20-9-4-3-8-19(20)24/h3-14,25,27-28H,2H2,1H3. The molecule has 4 rings (SSSR count). The van der Waals surface area contributed by atoms with Gasteiger partial charge in [-0.3, -0.25) is 20.3 Å². The van der Waals surface area contributed by atoms with Gasteiger partial charge < -0.3 is 4.98 Å². The zero-order valence-corrected chi connectivity index (χ0v) is 19.5. The zero-order valence-electron chi connectivity index (χ0n) is 17.9. The van der Waals surface area contributed by atoms with Crippen LogP contribution in [0.3, 0.4) is 0 Å². The Bertz CT molecular complexity index is 1520. The average Bonchev–Trinajstić information content (AvgIpc) is 3.23. The molecule has 3 N–H and O–H groups in total. The molecule has 11 heteroatoms. The van der Waals surface area contributed by atoms with Gasteiger partial charge in [0, 0.05) is 34.8 Å². The van der Waals surface area contributed by atoms with Crippen molar-refractivity contribution in [3.8, 4) is 0 Å². The molecule has 0 bridgehead atoms. The fourth-order valence-electron chi connectivity index (χ4n) is 3.49. The van der Waals surface area contributed by atoms with Crippen LogP contribution in [-0.4, -0.2) is 24.5 Å². The van der Waals surface area contributed by atoms with E-state index in [0.717, 1.165) is 29.0 Å². The van der Waals surface area contributed by atoms with E-state index in [-0.39, 0.29) is 27.0 Å². The van der Waals surface area contributed by atoms with Gasteiger partial charge in [0.25, 0.3) is 15.7 Å². The Hall–Kier alpha value is -3.89. The molecule has 0 radical (unpaired) electrons. The van der Waals surface area contributed by atoms with Crippen LogP contribution in [0.4, 0.5) is 17.1 Å². The van der Waals surface area contributed by atoms with Crippen molar-refractivity contribution >= 4 is 55.8 Å². The van der Waals surface area contributed by atoms with Crippen molar-refractivity contribution in [1.29, 1.82) is 0 Å². The number of nitro benzene ring substituents is 1. The zero-order chi connectivity index (χ0) is 24.3. The number of rotatable bonds is 8. The first-order valence-corrected chi connectivity index (χ1v) is 12.1. The van der Waals surface area contributed by atoms with Gasteiger partial charge in [-0.1, -0.05) is 48.9 Å². The van der Waals surface area contributed by atoms with Crippen LogP contribution in [0, 0.1) is 10.1 Å². The Balaban J connectivity index is 1.67. The number of nitrogens with one attached hydrogen (secondary N) is 3. The lowest BCUT2D eigenvalue weighted by atomic mass is 10.1. The number of anilines is 2. The molecule has 0 atom stereocenters. The summed E-state index contributed by atoms with van der Waals surface area (Å²) in [7, 11) is -4.23. The Morgan fingerprint density at radius 1 is 1.12 bits per heavy atom. The highest BCUT2D eigenvalue weighted by molar-refractivity contribution is 7.93. The smallest absolute Gasteiger partial charge is 0.270 e. The quantitative estimate of drug-likeness (QED) is 0.167. The van der Waals surface area contributed by atoms with E-state index in [2.05, 4.69) is 27.2 Å². The van der Waals surface area contributed by atoms with Crippen LogP contribution in [0.15, 0.2) is 76.9 Å². The number of nitro groups is 1. The number of benzene rings is 3. The van der Waals surface area contributed by atoms with Crippen molar-refractivity contribution in [1.82, 2.24) is 4.98 Å². The number of hydrazone groups is 1. The molecule has 3 aromatic carbocycles. The first-order valence-electron chi connectivity index (χ1n) is 10.2. The van der Waals surface area contributed by atoms with Crippen LogP contribution in [0.25, 0.3) is 10.9 Å². The molecular weight excluding hydrogens is 478 g/mol. The van der Waals surface area contributed by atoms with Crippen LogP contribution in [0.2, 0.25) is 5.02 Å². The van der Waals surface area contributed by atoms with E-state index in [1.807, 2.05) is 18.2 Å². The van der Waals surface area contributed by atoms with Crippen LogP contribution < -0.4 is 10.1 Å². The summed E-state index contributed by atoms with van der Waals surface area (Å²) in [5, 5.41) is 16.6. The highest BCUT2D eigenvalue weighted by Crippen LogP contribution is 2.30. The molecule has 0 aliphatic heterocycles. The fourth-order valence-corrected chi connectivity index (χ4v) is 4.99. The topological polar surface area (TPSA) is 129 Å². The van der Waals surface area contributed by atoms with E-state index in [9.17, 15) is 18.5 Å². The third kappa shape index (κ3) is 4.73. The van der Waals surface area contributed by atoms with Gasteiger partial charge in [-0.25, -0.2) is 8.42 Å². The highest BCUT2D eigenvalue weighted by Gasteiger charge is 2.23. The molecule has 0 fully saturated rings. The molecule has 0 aliphatic carbocycles. The maximum atomic E-state index is 13.1. The second kappa shape index (κ2) is 9.54. The maximum absolute atomic E-state index is 13.1. The van der Waals surface area contributed by atoms with Gasteiger partial charge in [0.1, 0.15) is 4.90 Å². The molecule has 1 heterocycles. The van der Waals surface area contributed by atoms with Crippen LogP contribution in [0.5, 0.6) is 0 Å². The number of aromatic amines is 1. The number of sulfonamides is 1. The van der Waals surface area contributed by atoms with Crippen molar-refractivity contribution in [2.45, 2.75) is 18.2 Å². The predicted molar refractivity (Wildman–Crippen MR) is 134 cm³/mol. The molecule has 0 saturated carbocycles. The summed E-state index contributed by atoms with van der Waals surface area (Å²) in [5.74, 6) is 0. The maximum Gasteiger partial charge on any atom is 0.270 e. The van der Waals surface area contributed by atoms with Crippen LogP contribution in [0.1, 0.15) is 18.1 Å². The molecule has 0 saturated heterocycles. The monoisotopic (exact) mass is 497 g/mol. The molecule has 174 valence electrons. The van der Waals surface area contributed by atoms with Gasteiger partial charge in [-0.15, -0.1) is 0 Å². The number of aryl methyl sites for hydroxylation is 1. The molecule has 0 unspecified atom stereocenters. The van der Waals surface area contributed by atoms with E-state index in [1.54, 1.807) is 24.5 Å². The van der Waals surface area contributed by atoms with E-state index in [1.165, 1.54) is 29.8 Å². The lowest BCUT2D eigenvalue weighted by Gasteiger charge is -2.12. The van der Waals surface area contributed by atoms with E-state index < -0.39 is 14.9 Å². The van der Waals surface area contributed by atoms with E-state index in [0.29, 0.717) is 0 Å². The number of hydrogen-bond acceptors (Lipinski definition) is 6. The molecule has 1 aromatic heterocycles. The van der Waals surface area contributed by atoms with Gasteiger partial charge in [0.2, 0.25) is 0 Å². The summed E-state index contributed by atoms with van der Waals surface area (Å²) in [6.07, 6.45) is 4.23.